The first kappa shape index (κ1) is 17.9. The van der Waals surface area contributed by atoms with Crippen LogP contribution in [0.5, 0.6) is 0 Å². The van der Waals surface area contributed by atoms with E-state index in [1.54, 1.807) is 0 Å². The van der Waals surface area contributed by atoms with Gasteiger partial charge in [0.15, 0.2) is 4.98 Å². The monoisotopic (exact) mass is 311 g/mol. The molecule has 2 rings (SSSR count). The maximum absolute atomic E-state index is 9.17. The minimum absolute atomic E-state index is 0. The standard InChI is InChI=1S/C15H22N3O2.ClH/c1-3-19-14-10-17-15(20-4-2)9-12(14)11-7-5-6-8-13(11)18-16;/h5-8,12,14-15,17H,3-4,9-10H2,1-2H3;1H/q+1;/p-1. The number of hydrogen-bond donors (Lipinski definition) is 1. The SMILES string of the molecule is CCOC1CC(c2ccccc2[N+]#N)C(OCC)CN1.[Cl-]. The molecule has 1 fully saturated rings. The summed E-state index contributed by atoms with van der Waals surface area (Å²) in [5, 5.41) is 12.5. The van der Waals surface area contributed by atoms with Crippen molar-refractivity contribution in [2.75, 3.05) is 19.8 Å². The molecule has 21 heavy (non-hydrogen) atoms. The zero-order valence-corrected chi connectivity index (χ0v) is 13.2. The van der Waals surface area contributed by atoms with Crippen molar-refractivity contribution in [2.45, 2.75) is 38.5 Å². The van der Waals surface area contributed by atoms with E-state index in [4.69, 9.17) is 9.47 Å². The summed E-state index contributed by atoms with van der Waals surface area (Å²) < 4.78 is 11.5. The van der Waals surface area contributed by atoms with E-state index in [1.165, 1.54) is 0 Å². The Morgan fingerprint density at radius 1 is 1.24 bits per heavy atom. The van der Waals surface area contributed by atoms with Crippen molar-refractivity contribution in [2.24, 2.45) is 0 Å². The molecule has 0 spiro atoms. The quantitative estimate of drug-likeness (QED) is 0.779. The molecule has 0 aliphatic carbocycles. The van der Waals surface area contributed by atoms with Crippen LogP contribution in [0.2, 0.25) is 0 Å². The van der Waals surface area contributed by atoms with Crippen molar-refractivity contribution in [3.8, 4) is 0 Å². The largest absolute Gasteiger partial charge is 1.00 e. The number of diazo groups is 1. The predicted octanol–water partition coefficient (Wildman–Crippen LogP) is 0.0198. The van der Waals surface area contributed by atoms with E-state index in [-0.39, 0.29) is 30.7 Å². The summed E-state index contributed by atoms with van der Waals surface area (Å²) in [6.45, 7) is 6.07. The highest BCUT2D eigenvalue weighted by Gasteiger charge is 2.35. The Kier molecular flexibility index (Phi) is 7.62. The number of piperidine rings is 1. The molecule has 1 N–H and O–H groups in total. The maximum atomic E-state index is 9.17. The second kappa shape index (κ2) is 8.96. The van der Waals surface area contributed by atoms with Gasteiger partial charge in [-0.15, -0.1) is 0 Å². The average molecular weight is 312 g/mol. The van der Waals surface area contributed by atoms with E-state index < -0.39 is 0 Å². The second-order valence-electron chi connectivity index (χ2n) is 4.85. The molecule has 1 aliphatic heterocycles. The van der Waals surface area contributed by atoms with Gasteiger partial charge >= 0.3 is 5.69 Å². The summed E-state index contributed by atoms with van der Waals surface area (Å²) in [5.41, 5.74) is 1.62. The zero-order valence-electron chi connectivity index (χ0n) is 12.5. The van der Waals surface area contributed by atoms with Crippen molar-refractivity contribution >= 4 is 5.69 Å². The maximum Gasteiger partial charge on any atom is 0.388 e. The van der Waals surface area contributed by atoms with Gasteiger partial charge in [0.2, 0.25) is 5.39 Å². The van der Waals surface area contributed by atoms with E-state index in [0.29, 0.717) is 18.9 Å². The molecule has 5 nitrogen and oxygen atoms in total. The van der Waals surface area contributed by atoms with Crippen molar-refractivity contribution < 1.29 is 21.9 Å². The van der Waals surface area contributed by atoms with Gasteiger partial charge < -0.3 is 21.9 Å². The van der Waals surface area contributed by atoms with Crippen LogP contribution >= 0.6 is 0 Å². The molecule has 1 aromatic rings. The minimum atomic E-state index is 0. The molecule has 0 saturated carbocycles. The molecular weight excluding hydrogens is 290 g/mol. The first-order chi connectivity index (χ1) is 9.80. The number of benzene rings is 1. The van der Waals surface area contributed by atoms with Gasteiger partial charge in [0.1, 0.15) is 6.23 Å². The fourth-order valence-corrected chi connectivity index (χ4v) is 2.79. The Morgan fingerprint density at radius 3 is 2.62 bits per heavy atom. The van der Waals surface area contributed by atoms with Gasteiger partial charge in [-0.1, -0.05) is 18.2 Å². The Balaban J connectivity index is 0.00000220. The van der Waals surface area contributed by atoms with Gasteiger partial charge in [-0.3, -0.25) is 5.32 Å². The average Bonchev–Trinajstić information content (AvgIpc) is 2.49. The molecule has 1 saturated heterocycles. The van der Waals surface area contributed by atoms with Crippen LogP contribution in [-0.4, -0.2) is 32.1 Å². The van der Waals surface area contributed by atoms with Crippen LogP contribution in [0, 0.1) is 5.39 Å². The number of ether oxygens (including phenoxy) is 2. The van der Waals surface area contributed by atoms with Crippen LogP contribution in [0.3, 0.4) is 0 Å². The van der Waals surface area contributed by atoms with Gasteiger partial charge in [-0.25, -0.2) is 0 Å². The Morgan fingerprint density at radius 2 is 1.95 bits per heavy atom. The molecule has 0 aromatic heterocycles. The molecule has 0 amide bonds. The fraction of sp³-hybridized carbons (Fsp3) is 0.600. The fourth-order valence-electron chi connectivity index (χ4n) is 2.79. The summed E-state index contributed by atoms with van der Waals surface area (Å²) in [4.78, 5) is 3.39. The van der Waals surface area contributed by atoms with E-state index in [1.807, 2.05) is 38.1 Å². The number of nitrogens with zero attached hydrogens (tertiary/aromatic N) is 2. The molecular formula is C15H22ClN3O2. The number of hydrogen-bond acceptors (Lipinski definition) is 4. The van der Waals surface area contributed by atoms with Crippen LogP contribution in [0.15, 0.2) is 24.3 Å². The highest BCUT2D eigenvalue weighted by atomic mass is 35.5. The summed E-state index contributed by atoms with van der Waals surface area (Å²) >= 11 is 0. The van der Waals surface area contributed by atoms with E-state index >= 15 is 0 Å². The molecule has 6 heteroatoms. The van der Waals surface area contributed by atoms with Crippen molar-refractivity contribution in [1.82, 2.24) is 5.32 Å². The molecule has 3 atom stereocenters. The van der Waals surface area contributed by atoms with Crippen LogP contribution in [0.25, 0.3) is 4.98 Å². The van der Waals surface area contributed by atoms with Crippen LogP contribution in [-0.2, 0) is 9.47 Å². The Hall–Kier alpha value is -1.19. The van der Waals surface area contributed by atoms with Crippen LogP contribution in [0.4, 0.5) is 5.69 Å². The van der Waals surface area contributed by atoms with Gasteiger partial charge in [0.05, 0.1) is 11.7 Å². The van der Waals surface area contributed by atoms with Crippen molar-refractivity contribution in [3.63, 3.8) is 0 Å². The molecule has 1 heterocycles. The Bertz CT molecular complexity index is 478. The highest BCUT2D eigenvalue weighted by Crippen LogP contribution is 2.35. The lowest BCUT2D eigenvalue weighted by Crippen LogP contribution is -3.00. The normalized spacial score (nSPS) is 24.9. The lowest BCUT2D eigenvalue weighted by atomic mass is 9.86. The molecule has 1 aromatic carbocycles. The lowest BCUT2D eigenvalue weighted by Gasteiger charge is -2.36. The smallest absolute Gasteiger partial charge is 0.388 e. The molecule has 3 unspecified atom stereocenters. The number of nitrogens with one attached hydrogen (secondary N) is 1. The van der Waals surface area contributed by atoms with E-state index in [0.717, 1.165) is 18.5 Å². The Labute approximate surface area is 132 Å². The summed E-state index contributed by atoms with van der Waals surface area (Å²) in [5.74, 6) is 0.167. The van der Waals surface area contributed by atoms with Gasteiger partial charge in [0.25, 0.3) is 0 Å². The van der Waals surface area contributed by atoms with Gasteiger partial charge in [-0.05, 0) is 20.3 Å². The van der Waals surface area contributed by atoms with Gasteiger partial charge in [0, 0.05) is 31.7 Å². The zero-order chi connectivity index (χ0) is 14.4. The minimum Gasteiger partial charge on any atom is -1.00 e. The molecule has 116 valence electrons. The number of rotatable bonds is 5. The summed E-state index contributed by atoms with van der Waals surface area (Å²) in [7, 11) is 0. The topological polar surface area (TPSA) is 58.6 Å². The summed E-state index contributed by atoms with van der Waals surface area (Å²) in [6.07, 6.45) is 0.901. The van der Waals surface area contributed by atoms with Gasteiger partial charge in [-0.2, -0.15) is 0 Å². The van der Waals surface area contributed by atoms with E-state index in [2.05, 4.69) is 10.3 Å². The lowest BCUT2D eigenvalue weighted by molar-refractivity contribution is -0.0442. The first-order valence-electron chi connectivity index (χ1n) is 7.20. The van der Waals surface area contributed by atoms with Crippen LogP contribution < -0.4 is 17.7 Å². The third-order valence-corrected chi connectivity index (χ3v) is 3.66. The third kappa shape index (κ3) is 4.39. The number of halogens is 1. The molecule has 1 aliphatic rings. The predicted molar refractivity (Wildman–Crippen MR) is 77.4 cm³/mol. The first-order valence-corrected chi connectivity index (χ1v) is 7.20. The van der Waals surface area contributed by atoms with Crippen molar-refractivity contribution in [3.05, 3.63) is 34.8 Å². The van der Waals surface area contributed by atoms with Crippen molar-refractivity contribution in [1.29, 1.82) is 5.39 Å². The highest BCUT2D eigenvalue weighted by molar-refractivity contribution is 5.53. The summed E-state index contributed by atoms with van der Waals surface area (Å²) in [6, 6.07) is 7.65. The second-order valence-corrected chi connectivity index (χ2v) is 4.85. The third-order valence-electron chi connectivity index (χ3n) is 3.66. The molecule has 0 radical (unpaired) electrons. The van der Waals surface area contributed by atoms with Crippen LogP contribution in [0.1, 0.15) is 31.7 Å². The van der Waals surface area contributed by atoms with E-state index in [9.17, 15) is 5.39 Å². The molecule has 0 bridgehead atoms.